The molecule has 2 nitrogen and oxygen atoms in total. The molecule has 2 aromatic heterocycles. The summed E-state index contributed by atoms with van der Waals surface area (Å²) in [5.41, 5.74) is 5.79. The van der Waals surface area contributed by atoms with Crippen molar-refractivity contribution >= 4 is 21.9 Å². The predicted octanol–water partition coefficient (Wildman–Crippen LogP) is 6.09. The molecule has 2 heteroatoms. The van der Waals surface area contributed by atoms with Gasteiger partial charge < -0.3 is 9.40 Å². The molecule has 1 N–H and O–H groups in total. The average molecular weight is 303 g/mol. The third-order valence-electron chi connectivity index (χ3n) is 4.36. The Balaban J connectivity index is 1.86. The van der Waals surface area contributed by atoms with E-state index in [0.717, 1.165) is 29.0 Å². The highest BCUT2D eigenvalue weighted by molar-refractivity contribution is 5.98. The lowest BCUT2D eigenvalue weighted by molar-refractivity contribution is 0.630. The second-order valence-electron chi connectivity index (χ2n) is 6.75. The SMILES string of the molecule is Cc1[nH]c2ccccc2c1-c1cc2cc(CC(C)C)ccc2o1. The molecule has 116 valence electrons. The van der Waals surface area contributed by atoms with Gasteiger partial charge in [0.15, 0.2) is 0 Å². The Labute approximate surface area is 136 Å². The van der Waals surface area contributed by atoms with Crippen molar-refractivity contribution in [2.24, 2.45) is 5.92 Å². The fourth-order valence-electron chi connectivity index (χ4n) is 3.41. The molecule has 4 rings (SSSR count). The highest BCUT2D eigenvalue weighted by Gasteiger charge is 2.14. The van der Waals surface area contributed by atoms with Gasteiger partial charge in [-0.3, -0.25) is 0 Å². The zero-order valence-corrected chi connectivity index (χ0v) is 13.8. The van der Waals surface area contributed by atoms with Crippen LogP contribution in [0.1, 0.15) is 25.1 Å². The normalized spacial score (nSPS) is 11.8. The maximum Gasteiger partial charge on any atom is 0.137 e. The molecule has 0 saturated carbocycles. The molecule has 4 aromatic rings. The van der Waals surface area contributed by atoms with Crippen LogP contribution in [0.15, 0.2) is 52.9 Å². The summed E-state index contributed by atoms with van der Waals surface area (Å²) in [6.07, 6.45) is 1.10. The van der Waals surface area contributed by atoms with Gasteiger partial charge in [0.05, 0.1) is 0 Å². The van der Waals surface area contributed by atoms with E-state index < -0.39 is 0 Å². The van der Waals surface area contributed by atoms with Gasteiger partial charge in [-0.2, -0.15) is 0 Å². The van der Waals surface area contributed by atoms with Crippen LogP contribution in [0.2, 0.25) is 0 Å². The molecule has 2 aromatic carbocycles. The summed E-state index contributed by atoms with van der Waals surface area (Å²) in [6, 6.07) is 17.1. The summed E-state index contributed by atoms with van der Waals surface area (Å²) in [7, 11) is 0. The number of aromatic nitrogens is 1. The first kappa shape index (κ1) is 14.1. The minimum absolute atomic E-state index is 0.662. The summed E-state index contributed by atoms with van der Waals surface area (Å²) >= 11 is 0. The van der Waals surface area contributed by atoms with Crippen LogP contribution >= 0.6 is 0 Å². The quantitative estimate of drug-likeness (QED) is 0.487. The van der Waals surface area contributed by atoms with Gasteiger partial charge in [-0.15, -0.1) is 0 Å². The van der Waals surface area contributed by atoms with Gasteiger partial charge >= 0.3 is 0 Å². The Morgan fingerprint density at radius 2 is 1.87 bits per heavy atom. The van der Waals surface area contributed by atoms with Crippen LogP contribution in [0.4, 0.5) is 0 Å². The van der Waals surface area contributed by atoms with Gasteiger partial charge in [0.2, 0.25) is 0 Å². The van der Waals surface area contributed by atoms with Crippen LogP contribution in [-0.2, 0) is 6.42 Å². The summed E-state index contributed by atoms with van der Waals surface area (Å²) in [5.74, 6) is 1.60. The van der Waals surface area contributed by atoms with Gasteiger partial charge in [-0.05, 0) is 49.1 Å². The van der Waals surface area contributed by atoms with Crippen molar-refractivity contribution < 1.29 is 4.42 Å². The lowest BCUT2D eigenvalue weighted by atomic mass is 10.0. The number of para-hydroxylation sites is 1. The first-order valence-electron chi connectivity index (χ1n) is 8.22. The lowest BCUT2D eigenvalue weighted by Gasteiger charge is -2.03. The minimum Gasteiger partial charge on any atom is -0.456 e. The third-order valence-corrected chi connectivity index (χ3v) is 4.36. The summed E-state index contributed by atoms with van der Waals surface area (Å²) < 4.78 is 6.14. The number of rotatable bonds is 3. The molecule has 0 unspecified atom stereocenters. The number of nitrogens with one attached hydrogen (secondary N) is 1. The molecule has 2 heterocycles. The van der Waals surface area contributed by atoms with Crippen LogP contribution in [-0.4, -0.2) is 4.98 Å². The van der Waals surface area contributed by atoms with E-state index in [2.05, 4.69) is 74.3 Å². The molecule has 0 fully saturated rings. The molecule has 0 bridgehead atoms. The van der Waals surface area contributed by atoms with Gasteiger partial charge in [0.1, 0.15) is 11.3 Å². The Morgan fingerprint density at radius 3 is 2.70 bits per heavy atom. The van der Waals surface area contributed by atoms with Crippen molar-refractivity contribution in [3.63, 3.8) is 0 Å². The van der Waals surface area contributed by atoms with Crippen LogP contribution in [0.5, 0.6) is 0 Å². The van der Waals surface area contributed by atoms with Crippen molar-refractivity contribution in [3.8, 4) is 11.3 Å². The van der Waals surface area contributed by atoms with Gasteiger partial charge in [0, 0.05) is 27.5 Å². The predicted molar refractivity (Wildman–Crippen MR) is 96.8 cm³/mol. The topological polar surface area (TPSA) is 28.9 Å². The fraction of sp³-hybridized carbons (Fsp3) is 0.238. The van der Waals surface area contributed by atoms with Gasteiger partial charge in [-0.25, -0.2) is 0 Å². The number of benzene rings is 2. The average Bonchev–Trinajstić information content (AvgIpc) is 3.05. The Hall–Kier alpha value is -2.48. The number of aryl methyl sites for hydroxylation is 1. The summed E-state index contributed by atoms with van der Waals surface area (Å²) in [5, 5.41) is 2.40. The second-order valence-corrected chi connectivity index (χ2v) is 6.75. The second kappa shape index (κ2) is 5.31. The highest BCUT2D eigenvalue weighted by Crippen LogP contribution is 2.35. The molecule has 0 aliphatic rings. The summed E-state index contributed by atoms with van der Waals surface area (Å²) in [6.45, 7) is 6.60. The van der Waals surface area contributed by atoms with Gasteiger partial charge in [-0.1, -0.05) is 38.1 Å². The molecule has 0 atom stereocenters. The molecule has 23 heavy (non-hydrogen) atoms. The molecule has 0 aliphatic heterocycles. The molecule has 0 aliphatic carbocycles. The monoisotopic (exact) mass is 303 g/mol. The number of hydrogen-bond donors (Lipinski definition) is 1. The maximum absolute atomic E-state index is 6.14. The van der Waals surface area contributed by atoms with E-state index in [1.54, 1.807) is 0 Å². The maximum atomic E-state index is 6.14. The van der Waals surface area contributed by atoms with E-state index in [1.165, 1.54) is 21.9 Å². The molecule has 0 saturated heterocycles. The summed E-state index contributed by atoms with van der Waals surface area (Å²) in [4.78, 5) is 3.45. The van der Waals surface area contributed by atoms with Crippen molar-refractivity contribution in [3.05, 3.63) is 59.8 Å². The molecule has 0 amide bonds. The van der Waals surface area contributed by atoms with Crippen LogP contribution in [0.3, 0.4) is 0 Å². The largest absolute Gasteiger partial charge is 0.456 e. The van der Waals surface area contributed by atoms with E-state index in [-0.39, 0.29) is 0 Å². The van der Waals surface area contributed by atoms with Crippen LogP contribution < -0.4 is 0 Å². The van der Waals surface area contributed by atoms with E-state index in [1.807, 2.05) is 0 Å². The number of aromatic amines is 1. The third kappa shape index (κ3) is 2.44. The Morgan fingerprint density at radius 1 is 1.04 bits per heavy atom. The Kier molecular flexibility index (Phi) is 3.26. The van der Waals surface area contributed by atoms with E-state index >= 15 is 0 Å². The highest BCUT2D eigenvalue weighted by atomic mass is 16.3. The first-order valence-corrected chi connectivity index (χ1v) is 8.22. The van der Waals surface area contributed by atoms with Crippen LogP contribution in [0.25, 0.3) is 33.2 Å². The zero-order valence-electron chi connectivity index (χ0n) is 13.8. The number of furan rings is 1. The smallest absolute Gasteiger partial charge is 0.137 e. The lowest BCUT2D eigenvalue weighted by Crippen LogP contribution is -1.92. The van der Waals surface area contributed by atoms with E-state index in [0.29, 0.717) is 5.92 Å². The van der Waals surface area contributed by atoms with E-state index in [4.69, 9.17) is 4.42 Å². The van der Waals surface area contributed by atoms with Crippen molar-refractivity contribution in [2.75, 3.05) is 0 Å². The molecular formula is C21H21NO. The Bertz CT molecular complexity index is 988. The zero-order chi connectivity index (χ0) is 16.0. The van der Waals surface area contributed by atoms with Gasteiger partial charge in [0.25, 0.3) is 0 Å². The number of H-pyrrole nitrogens is 1. The van der Waals surface area contributed by atoms with Crippen molar-refractivity contribution in [1.29, 1.82) is 0 Å². The molecule has 0 radical (unpaired) electrons. The van der Waals surface area contributed by atoms with Crippen LogP contribution in [0, 0.1) is 12.8 Å². The fourth-order valence-corrected chi connectivity index (χ4v) is 3.41. The van der Waals surface area contributed by atoms with E-state index in [9.17, 15) is 0 Å². The number of hydrogen-bond acceptors (Lipinski definition) is 1. The number of fused-ring (bicyclic) bond motifs is 2. The molecular weight excluding hydrogens is 282 g/mol. The standard InChI is InChI=1S/C21H21NO/c1-13(2)10-15-8-9-19-16(11-15)12-20(23-19)21-14(3)22-18-7-5-4-6-17(18)21/h4-9,11-13,22H,10H2,1-3H3. The minimum atomic E-state index is 0.662. The molecule has 0 spiro atoms. The first-order chi connectivity index (χ1) is 11.1. The van der Waals surface area contributed by atoms with Crippen molar-refractivity contribution in [2.45, 2.75) is 27.2 Å². The van der Waals surface area contributed by atoms with Crippen molar-refractivity contribution in [1.82, 2.24) is 4.98 Å².